The van der Waals surface area contributed by atoms with Gasteiger partial charge in [0.1, 0.15) is 0 Å². The van der Waals surface area contributed by atoms with Gasteiger partial charge < -0.3 is 0 Å². The Labute approximate surface area is 92.6 Å². The molecule has 0 aliphatic rings. The van der Waals surface area contributed by atoms with Crippen molar-refractivity contribution in [3.8, 4) is 0 Å². The monoisotopic (exact) mass is 214 g/mol. The molecule has 0 bridgehead atoms. The lowest BCUT2D eigenvalue weighted by molar-refractivity contribution is 1.47. The highest BCUT2D eigenvalue weighted by molar-refractivity contribution is 7.11. The molecule has 3 heteroatoms. The molecule has 0 N–H and O–H groups in total. The third-order valence-corrected chi connectivity index (χ3v) is 2.73. The molecule has 2 aromatic rings. The number of aliphatic imine (C=N–C) groups is 2. The molecule has 0 radical (unpaired) electrons. The topological polar surface area (TPSA) is 24.7 Å². The first-order valence-electron chi connectivity index (χ1n) is 4.53. The number of rotatable bonds is 3. The molecule has 0 atom stereocenters. The highest BCUT2D eigenvalue weighted by Crippen LogP contribution is 2.26. The highest BCUT2D eigenvalue weighted by atomic mass is 32.1. The maximum atomic E-state index is 4.37. The molecule has 1 aromatic heterocycles. The number of hydrogen-bond donors (Lipinski definition) is 0. The molecule has 0 amide bonds. The van der Waals surface area contributed by atoms with Crippen molar-refractivity contribution in [2.24, 2.45) is 9.98 Å². The summed E-state index contributed by atoms with van der Waals surface area (Å²) in [6, 6.07) is 11.7. The second-order valence-corrected chi connectivity index (χ2v) is 3.90. The van der Waals surface area contributed by atoms with E-state index in [4.69, 9.17) is 0 Å². The van der Waals surface area contributed by atoms with E-state index in [9.17, 15) is 0 Å². The molecule has 0 aliphatic carbocycles. The van der Waals surface area contributed by atoms with E-state index >= 15 is 0 Å². The summed E-state index contributed by atoms with van der Waals surface area (Å²) in [6.07, 6.45) is 1.84. The van der Waals surface area contributed by atoms with Gasteiger partial charge in [0.2, 0.25) is 0 Å². The summed E-state index contributed by atoms with van der Waals surface area (Å²) in [5.41, 5.74) is 1.66. The Morgan fingerprint density at radius 3 is 2.53 bits per heavy atom. The zero-order valence-electron chi connectivity index (χ0n) is 8.13. The summed E-state index contributed by atoms with van der Waals surface area (Å²) in [6.45, 7) is 3.52. The smallest absolute Gasteiger partial charge is 0.0886 e. The standard InChI is InChI=1S/C12H10N2S/c1-13-11-6-2-3-7-12(11)14-9-10-5-4-8-15-10/h2-9H,1H2. The normalized spacial score (nSPS) is 10.7. The van der Waals surface area contributed by atoms with E-state index in [0.29, 0.717) is 0 Å². The van der Waals surface area contributed by atoms with Crippen molar-refractivity contribution in [2.45, 2.75) is 0 Å². The summed E-state index contributed by atoms with van der Waals surface area (Å²) in [4.78, 5) is 9.41. The molecule has 0 aliphatic heterocycles. The van der Waals surface area contributed by atoms with Crippen molar-refractivity contribution in [1.82, 2.24) is 0 Å². The highest BCUT2D eigenvalue weighted by Gasteiger charge is 1.95. The quantitative estimate of drug-likeness (QED) is 0.694. The van der Waals surface area contributed by atoms with Gasteiger partial charge in [0, 0.05) is 11.1 Å². The van der Waals surface area contributed by atoms with Crippen LogP contribution < -0.4 is 0 Å². The van der Waals surface area contributed by atoms with Crippen LogP contribution in [0, 0.1) is 0 Å². The van der Waals surface area contributed by atoms with E-state index in [2.05, 4.69) is 16.7 Å². The van der Waals surface area contributed by atoms with Crippen molar-refractivity contribution in [1.29, 1.82) is 0 Å². The summed E-state index contributed by atoms with van der Waals surface area (Å²) >= 11 is 1.66. The zero-order chi connectivity index (χ0) is 10.5. The SMILES string of the molecule is C=Nc1ccccc1N=Cc1cccs1. The molecule has 15 heavy (non-hydrogen) atoms. The Bertz CT molecular complexity index is 472. The van der Waals surface area contributed by atoms with Crippen LogP contribution in [0.5, 0.6) is 0 Å². The Morgan fingerprint density at radius 2 is 1.87 bits per heavy atom. The molecule has 0 spiro atoms. The molecule has 2 nitrogen and oxygen atoms in total. The first kappa shape index (κ1) is 9.80. The fourth-order valence-corrected chi connectivity index (χ4v) is 1.79. The fourth-order valence-electron chi connectivity index (χ4n) is 1.20. The van der Waals surface area contributed by atoms with Crippen molar-refractivity contribution in [3.63, 3.8) is 0 Å². The Morgan fingerprint density at radius 1 is 1.07 bits per heavy atom. The molecule has 74 valence electrons. The average molecular weight is 214 g/mol. The van der Waals surface area contributed by atoms with Gasteiger partial charge in [0.05, 0.1) is 11.4 Å². The van der Waals surface area contributed by atoms with Crippen LogP contribution in [-0.4, -0.2) is 12.9 Å². The molecule has 1 aromatic carbocycles. The molecular weight excluding hydrogens is 204 g/mol. The van der Waals surface area contributed by atoms with Crippen molar-refractivity contribution < 1.29 is 0 Å². The molecule has 0 saturated heterocycles. The van der Waals surface area contributed by atoms with Crippen molar-refractivity contribution >= 4 is 35.6 Å². The minimum atomic E-state index is 0.810. The van der Waals surface area contributed by atoms with Gasteiger partial charge >= 0.3 is 0 Å². The van der Waals surface area contributed by atoms with Crippen LogP contribution in [0.25, 0.3) is 0 Å². The van der Waals surface area contributed by atoms with E-state index in [-0.39, 0.29) is 0 Å². The van der Waals surface area contributed by atoms with Crippen LogP contribution in [0.1, 0.15) is 4.88 Å². The number of thiophene rings is 1. The van der Waals surface area contributed by atoms with E-state index in [1.807, 2.05) is 48.0 Å². The summed E-state index contributed by atoms with van der Waals surface area (Å²) < 4.78 is 0. The van der Waals surface area contributed by atoms with E-state index in [1.165, 1.54) is 0 Å². The number of nitrogens with zero attached hydrogens (tertiary/aromatic N) is 2. The molecule has 0 fully saturated rings. The second-order valence-electron chi connectivity index (χ2n) is 2.92. The average Bonchev–Trinajstić information content (AvgIpc) is 2.79. The van der Waals surface area contributed by atoms with Crippen molar-refractivity contribution in [3.05, 3.63) is 46.7 Å². The van der Waals surface area contributed by atoms with E-state index < -0.39 is 0 Å². The van der Waals surface area contributed by atoms with Crippen LogP contribution in [0.2, 0.25) is 0 Å². The molecule has 0 saturated carbocycles. The minimum Gasteiger partial charge on any atom is -0.262 e. The first-order chi connectivity index (χ1) is 7.40. The van der Waals surface area contributed by atoms with Crippen LogP contribution >= 0.6 is 11.3 Å². The molecule has 1 heterocycles. The molecular formula is C12H10N2S. The van der Waals surface area contributed by atoms with Crippen molar-refractivity contribution in [2.75, 3.05) is 0 Å². The maximum absolute atomic E-state index is 4.37. The predicted molar refractivity (Wildman–Crippen MR) is 67.2 cm³/mol. The van der Waals surface area contributed by atoms with E-state index in [1.54, 1.807) is 11.3 Å². The lowest BCUT2D eigenvalue weighted by Crippen LogP contribution is -1.72. The van der Waals surface area contributed by atoms with Gasteiger partial charge in [-0.1, -0.05) is 18.2 Å². The third kappa shape index (κ3) is 2.39. The first-order valence-corrected chi connectivity index (χ1v) is 5.41. The minimum absolute atomic E-state index is 0.810. The fraction of sp³-hybridized carbons (Fsp3) is 0. The van der Waals surface area contributed by atoms with Crippen LogP contribution in [0.15, 0.2) is 51.8 Å². The van der Waals surface area contributed by atoms with Gasteiger partial charge in [-0.3, -0.25) is 9.98 Å². The van der Waals surface area contributed by atoms with Gasteiger partial charge in [-0.25, -0.2) is 0 Å². The molecule has 0 unspecified atom stereocenters. The van der Waals surface area contributed by atoms with Gasteiger partial charge in [0.25, 0.3) is 0 Å². The lowest BCUT2D eigenvalue weighted by atomic mass is 10.3. The van der Waals surface area contributed by atoms with Gasteiger partial charge in [-0.05, 0) is 30.3 Å². The largest absolute Gasteiger partial charge is 0.262 e. The summed E-state index contributed by atoms with van der Waals surface area (Å²) in [5, 5.41) is 2.03. The second kappa shape index (κ2) is 4.66. The summed E-state index contributed by atoms with van der Waals surface area (Å²) in [5.74, 6) is 0. The predicted octanol–water partition coefficient (Wildman–Crippen LogP) is 3.83. The van der Waals surface area contributed by atoms with Gasteiger partial charge in [-0.15, -0.1) is 11.3 Å². The number of hydrogen-bond acceptors (Lipinski definition) is 3. The lowest BCUT2D eigenvalue weighted by Gasteiger charge is -1.97. The maximum Gasteiger partial charge on any atom is 0.0886 e. The Kier molecular flexibility index (Phi) is 3.05. The third-order valence-electron chi connectivity index (χ3n) is 1.93. The number of para-hydroxylation sites is 2. The Balaban J connectivity index is 2.27. The Hall–Kier alpha value is -1.74. The molecule has 2 rings (SSSR count). The summed E-state index contributed by atoms with van der Waals surface area (Å²) in [7, 11) is 0. The number of benzene rings is 1. The van der Waals surface area contributed by atoms with E-state index in [0.717, 1.165) is 16.3 Å². The van der Waals surface area contributed by atoms with Crippen LogP contribution in [-0.2, 0) is 0 Å². The zero-order valence-corrected chi connectivity index (χ0v) is 8.95. The van der Waals surface area contributed by atoms with Gasteiger partial charge in [0.15, 0.2) is 0 Å². The van der Waals surface area contributed by atoms with Gasteiger partial charge in [-0.2, -0.15) is 0 Å². The van der Waals surface area contributed by atoms with Crippen LogP contribution in [0.4, 0.5) is 11.4 Å². The van der Waals surface area contributed by atoms with Crippen LogP contribution in [0.3, 0.4) is 0 Å².